The molecule has 0 aliphatic rings. The Morgan fingerprint density at radius 2 is 1.75 bits per heavy atom. The Morgan fingerprint density at radius 3 is 2.20 bits per heavy atom. The zero-order valence-corrected chi connectivity index (χ0v) is 15.1. The highest BCUT2D eigenvalue weighted by Crippen LogP contribution is 2.17. The van der Waals surface area contributed by atoms with Crippen LogP contribution in [-0.4, -0.2) is 28.8 Å². The van der Waals surface area contributed by atoms with E-state index in [1.165, 1.54) is 25.2 Å². The molecule has 0 spiro atoms. The van der Waals surface area contributed by atoms with Gasteiger partial charge >= 0.3 is 0 Å². The van der Waals surface area contributed by atoms with E-state index in [4.69, 9.17) is 32.6 Å². The molecule has 0 fully saturated rings. The maximum absolute atomic E-state index is 8.43. The Balaban J connectivity index is 0. The number of nitrogens with zero attached hydrogens (tertiary/aromatic N) is 1. The lowest BCUT2D eigenvalue weighted by Crippen LogP contribution is -2.22. The van der Waals surface area contributed by atoms with Crippen LogP contribution in [0.2, 0.25) is 0 Å². The molecule has 9 heteroatoms. The number of hydrogen-bond acceptors (Lipinski definition) is 4. The molecule has 0 rings (SSSR count). The molecular weight excluding hydrogens is 314 g/mol. The molecule has 0 bridgehead atoms. The summed E-state index contributed by atoms with van der Waals surface area (Å²) < 4.78 is 0. The molecule has 0 saturated heterocycles. The predicted molar refractivity (Wildman–Crippen MR) is 94.4 cm³/mol. The van der Waals surface area contributed by atoms with E-state index in [1.807, 2.05) is 0 Å². The van der Waals surface area contributed by atoms with Crippen LogP contribution in [0.1, 0.15) is 52.4 Å². The molecule has 0 saturated carbocycles. The minimum absolute atomic E-state index is 0.722. The lowest BCUT2D eigenvalue weighted by Gasteiger charge is -2.10. The summed E-state index contributed by atoms with van der Waals surface area (Å²) in [5.74, 6) is 1.22. The Labute approximate surface area is 129 Å². The van der Waals surface area contributed by atoms with Gasteiger partial charge in [-0.3, -0.25) is 21.1 Å². The average Bonchev–Trinajstić information content (AvgIpc) is 2.33. The standard InChI is InChI=1S/C7H16NO2P.C4H14N3PS/c1-2-3-4-5-6-8-7-11(9)10;1-2-3-4-7-8(5,6)9/h7,9-10H,2-6H2,1H3;2-4H2,1H3,(H5,5,6,7,9). The summed E-state index contributed by atoms with van der Waals surface area (Å²) in [6, 6.07) is 0. The van der Waals surface area contributed by atoms with E-state index in [2.05, 4.69) is 23.9 Å². The third-order valence-electron chi connectivity index (χ3n) is 2.21. The fourth-order valence-corrected chi connectivity index (χ4v) is 2.23. The van der Waals surface area contributed by atoms with E-state index in [1.54, 1.807) is 0 Å². The van der Waals surface area contributed by atoms with E-state index in [-0.39, 0.29) is 0 Å². The van der Waals surface area contributed by atoms with Crippen LogP contribution in [0.25, 0.3) is 0 Å². The predicted octanol–water partition coefficient (Wildman–Crippen LogP) is 2.41. The van der Waals surface area contributed by atoms with Crippen molar-refractivity contribution in [2.45, 2.75) is 52.4 Å². The van der Waals surface area contributed by atoms with E-state index in [0.717, 1.165) is 32.4 Å². The zero-order chi connectivity index (χ0) is 15.9. The van der Waals surface area contributed by atoms with Gasteiger partial charge in [-0.25, -0.2) is 0 Å². The molecule has 0 atom stereocenters. The minimum atomic E-state index is -2.11. The van der Waals surface area contributed by atoms with Crippen LogP contribution in [0.5, 0.6) is 0 Å². The van der Waals surface area contributed by atoms with Crippen LogP contribution < -0.4 is 16.1 Å². The first-order chi connectivity index (χ1) is 9.33. The molecule has 20 heavy (non-hydrogen) atoms. The van der Waals surface area contributed by atoms with E-state index >= 15 is 0 Å². The first-order valence-electron chi connectivity index (χ1n) is 6.92. The van der Waals surface area contributed by atoms with Crippen molar-refractivity contribution in [3.63, 3.8) is 0 Å². The molecule has 0 radical (unpaired) electrons. The third kappa shape index (κ3) is 27.0. The normalized spacial score (nSPS) is 11.8. The molecule has 0 aromatic heterocycles. The van der Waals surface area contributed by atoms with E-state index in [9.17, 15) is 0 Å². The molecular formula is C11H30N4O2P2S. The monoisotopic (exact) mass is 344 g/mol. The van der Waals surface area contributed by atoms with E-state index in [0.29, 0.717) is 0 Å². The van der Waals surface area contributed by atoms with Crippen LogP contribution in [0.4, 0.5) is 0 Å². The van der Waals surface area contributed by atoms with Crippen LogP contribution >= 0.6 is 14.9 Å². The van der Waals surface area contributed by atoms with Crippen molar-refractivity contribution in [2.75, 3.05) is 13.1 Å². The fraction of sp³-hybridized carbons (Fsp3) is 0.909. The number of unbranched alkanes of at least 4 members (excludes halogenated alkanes) is 4. The van der Waals surface area contributed by atoms with Crippen molar-refractivity contribution in [3.8, 4) is 0 Å². The van der Waals surface area contributed by atoms with Crippen molar-refractivity contribution in [3.05, 3.63) is 0 Å². The zero-order valence-electron chi connectivity index (χ0n) is 12.5. The van der Waals surface area contributed by atoms with Gasteiger partial charge in [0, 0.05) is 13.1 Å². The van der Waals surface area contributed by atoms with Gasteiger partial charge in [0.25, 0.3) is 0 Å². The summed E-state index contributed by atoms with van der Waals surface area (Å²) in [5.41, 5.74) is 10.7. The SMILES string of the molecule is CCCCCCN=CP(O)O.CCCCNP(N)(N)=S. The molecule has 0 unspecified atom stereocenters. The second-order valence-electron chi connectivity index (χ2n) is 4.37. The molecule has 0 aliphatic carbocycles. The van der Waals surface area contributed by atoms with Gasteiger partial charge in [0.1, 0.15) is 6.49 Å². The van der Waals surface area contributed by atoms with Gasteiger partial charge in [-0.1, -0.05) is 39.5 Å². The van der Waals surface area contributed by atoms with Gasteiger partial charge in [0.05, 0.1) is 5.96 Å². The highest BCUT2D eigenvalue weighted by atomic mass is 32.4. The van der Waals surface area contributed by atoms with Crippen molar-refractivity contribution in [2.24, 2.45) is 16.0 Å². The summed E-state index contributed by atoms with van der Waals surface area (Å²) >= 11 is 4.75. The Kier molecular flexibility index (Phi) is 18.2. The van der Waals surface area contributed by atoms with Crippen molar-refractivity contribution in [1.82, 2.24) is 5.09 Å². The lowest BCUT2D eigenvalue weighted by atomic mass is 10.2. The van der Waals surface area contributed by atoms with Gasteiger partial charge in [-0.05, 0) is 24.6 Å². The summed E-state index contributed by atoms with van der Waals surface area (Å²) in [7, 11) is -1.92. The minimum Gasteiger partial charge on any atom is -0.346 e. The number of rotatable bonds is 10. The summed E-state index contributed by atoms with van der Waals surface area (Å²) in [4.78, 5) is 20.7. The van der Waals surface area contributed by atoms with Gasteiger partial charge in [0.15, 0.2) is 0 Å². The molecule has 7 N–H and O–H groups in total. The highest BCUT2D eigenvalue weighted by Gasteiger charge is 1.98. The molecule has 6 nitrogen and oxygen atoms in total. The maximum Gasteiger partial charge on any atom is 0.211 e. The molecule has 0 aliphatic heterocycles. The molecule has 122 valence electrons. The molecule has 0 aromatic carbocycles. The second-order valence-corrected chi connectivity index (χ2v) is 8.79. The number of hydrogen-bond donors (Lipinski definition) is 5. The molecule has 0 amide bonds. The van der Waals surface area contributed by atoms with Crippen molar-refractivity contribution in [1.29, 1.82) is 0 Å². The van der Waals surface area contributed by atoms with Crippen LogP contribution in [0, 0.1) is 0 Å². The van der Waals surface area contributed by atoms with Gasteiger partial charge in [-0.15, -0.1) is 0 Å². The number of nitrogens with two attached hydrogens (primary N) is 2. The van der Waals surface area contributed by atoms with Gasteiger partial charge in [-0.2, -0.15) is 0 Å². The Hall–Kier alpha value is 0.550. The quantitative estimate of drug-likeness (QED) is 0.236. The lowest BCUT2D eigenvalue weighted by molar-refractivity contribution is 0.501. The molecule has 0 heterocycles. The number of aliphatic imine (C=N–C) groups is 1. The summed E-state index contributed by atoms with van der Waals surface area (Å²) in [6.07, 6.45) is 6.92. The highest BCUT2D eigenvalue weighted by molar-refractivity contribution is 8.11. The van der Waals surface area contributed by atoms with Crippen LogP contribution in [0.15, 0.2) is 4.99 Å². The third-order valence-corrected chi connectivity index (χ3v) is 3.69. The maximum atomic E-state index is 8.43. The largest absolute Gasteiger partial charge is 0.346 e. The van der Waals surface area contributed by atoms with Crippen LogP contribution in [0.3, 0.4) is 0 Å². The van der Waals surface area contributed by atoms with E-state index < -0.39 is 14.9 Å². The summed E-state index contributed by atoms with van der Waals surface area (Å²) in [5, 5.41) is 2.90. The fourth-order valence-electron chi connectivity index (χ4n) is 1.19. The Bertz CT molecular complexity index is 275. The van der Waals surface area contributed by atoms with Crippen molar-refractivity contribution >= 4 is 32.6 Å². The van der Waals surface area contributed by atoms with Gasteiger partial charge < -0.3 is 9.79 Å². The van der Waals surface area contributed by atoms with Crippen LogP contribution in [-0.2, 0) is 11.8 Å². The second kappa shape index (κ2) is 15.9. The average molecular weight is 344 g/mol. The first-order valence-corrected chi connectivity index (χ1v) is 11.2. The smallest absolute Gasteiger partial charge is 0.211 e. The Morgan fingerprint density at radius 1 is 1.15 bits per heavy atom. The first kappa shape index (κ1) is 22.8. The van der Waals surface area contributed by atoms with Crippen molar-refractivity contribution < 1.29 is 9.79 Å². The molecule has 0 aromatic rings. The summed E-state index contributed by atoms with van der Waals surface area (Å²) in [6.45, 7) is 3.72. The van der Waals surface area contributed by atoms with Gasteiger partial charge in [0.2, 0.25) is 8.38 Å². The number of nitrogens with one attached hydrogen (secondary N) is 1. The topological polar surface area (TPSA) is 117 Å².